The zero-order chi connectivity index (χ0) is 26.1. The molecular formula is C28H36IN3O4. The van der Waals surface area contributed by atoms with Gasteiger partial charge in [-0.25, -0.2) is 0 Å². The fraction of sp³-hybridized carbons (Fsp3) is 0.464. The first-order valence-electron chi connectivity index (χ1n) is 12.5. The van der Waals surface area contributed by atoms with Crippen molar-refractivity contribution in [1.29, 1.82) is 0 Å². The zero-order valence-corrected chi connectivity index (χ0v) is 23.1. The van der Waals surface area contributed by atoms with Crippen molar-refractivity contribution < 1.29 is 19.1 Å². The molecule has 2 aromatic rings. The van der Waals surface area contributed by atoms with Crippen LogP contribution in [0.2, 0.25) is 0 Å². The lowest BCUT2D eigenvalue weighted by Gasteiger charge is -2.28. The number of carbonyl (C=O) groups excluding carboxylic acids is 3. The summed E-state index contributed by atoms with van der Waals surface area (Å²) in [5, 5.41) is 2.98. The highest BCUT2D eigenvalue weighted by Gasteiger charge is 2.35. The molecule has 0 spiro atoms. The number of para-hydroxylation sites is 1. The van der Waals surface area contributed by atoms with Crippen molar-refractivity contribution in [3.63, 3.8) is 0 Å². The first-order chi connectivity index (χ1) is 17.3. The molecule has 8 heteroatoms. The molecule has 1 aliphatic rings. The van der Waals surface area contributed by atoms with E-state index in [2.05, 4.69) is 27.9 Å². The number of halogens is 1. The number of nitrogens with one attached hydrogen (secondary N) is 1. The number of rotatable bonds is 11. The van der Waals surface area contributed by atoms with Crippen molar-refractivity contribution in [3.05, 3.63) is 60.2 Å². The number of benzene rings is 2. The van der Waals surface area contributed by atoms with Crippen LogP contribution in [0, 0.1) is 17.8 Å². The maximum Gasteiger partial charge on any atom is 0.245 e. The molecule has 7 nitrogen and oxygen atoms in total. The Kier molecular flexibility index (Phi) is 10.6. The van der Waals surface area contributed by atoms with Crippen molar-refractivity contribution in [2.24, 2.45) is 23.5 Å². The van der Waals surface area contributed by atoms with E-state index < -0.39 is 23.8 Å². The van der Waals surface area contributed by atoms with Crippen LogP contribution in [-0.4, -0.2) is 39.6 Å². The highest BCUT2D eigenvalue weighted by molar-refractivity contribution is 14.1. The Morgan fingerprint density at radius 2 is 1.81 bits per heavy atom. The molecular weight excluding hydrogens is 569 g/mol. The van der Waals surface area contributed by atoms with Gasteiger partial charge in [0.1, 0.15) is 17.5 Å². The first kappa shape index (κ1) is 28.0. The van der Waals surface area contributed by atoms with Crippen LogP contribution in [0.15, 0.2) is 54.6 Å². The molecule has 2 aromatic carbocycles. The number of hydrogen-bond acceptors (Lipinski definition) is 4. The normalized spacial score (nSPS) is 17.8. The van der Waals surface area contributed by atoms with Gasteiger partial charge >= 0.3 is 0 Å². The highest BCUT2D eigenvalue weighted by atomic mass is 127. The average molecular weight is 606 g/mol. The summed E-state index contributed by atoms with van der Waals surface area (Å²) < 4.78 is 6.41. The number of primary amides is 1. The lowest BCUT2D eigenvalue weighted by atomic mass is 9.85. The maximum atomic E-state index is 13.5. The van der Waals surface area contributed by atoms with Gasteiger partial charge in [-0.15, -0.1) is 0 Å². The third kappa shape index (κ3) is 7.94. The molecule has 3 rings (SSSR count). The van der Waals surface area contributed by atoms with Crippen LogP contribution in [0.25, 0.3) is 0 Å². The van der Waals surface area contributed by atoms with Crippen LogP contribution in [0.3, 0.4) is 0 Å². The zero-order valence-electron chi connectivity index (χ0n) is 21.0. The number of ether oxygens (including phenoxy) is 1. The quantitative estimate of drug-likeness (QED) is 0.287. The van der Waals surface area contributed by atoms with E-state index in [0.29, 0.717) is 36.1 Å². The molecule has 2 unspecified atom stereocenters. The molecule has 3 amide bonds. The van der Waals surface area contributed by atoms with Gasteiger partial charge < -0.3 is 20.7 Å². The van der Waals surface area contributed by atoms with E-state index in [9.17, 15) is 14.4 Å². The molecule has 1 fully saturated rings. The number of alkyl halides is 1. The van der Waals surface area contributed by atoms with Crippen molar-refractivity contribution in [2.45, 2.75) is 52.1 Å². The summed E-state index contributed by atoms with van der Waals surface area (Å²) in [4.78, 5) is 40.6. The van der Waals surface area contributed by atoms with E-state index in [-0.39, 0.29) is 17.7 Å². The molecule has 3 atom stereocenters. The third-order valence-corrected chi connectivity index (χ3v) is 7.38. The minimum Gasteiger partial charge on any atom is -0.457 e. The molecule has 0 saturated carbocycles. The summed E-state index contributed by atoms with van der Waals surface area (Å²) >= 11 is 2.10. The topological polar surface area (TPSA) is 102 Å². The largest absolute Gasteiger partial charge is 0.457 e. The lowest BCUT2D eigenvalue weighted by molar-refractivity contribution is -0.139. The SMILES string of the molecule is CC(C)CC(C(=O)NC1CCCCN(Cc2cccc(Oc3ccccc3)c2)C1=O)[C@H](CI)C(N)=O. The van der Waals surface area contributed by atoms with Gasteiger partial charge in [-0.3, -0.25) is 14.4 Å². The Balaban J connectivity index is 1.70. The Labute approximate surface area is 227 Å². The third-order valence-electron chi connectivity index (χ3n) is 6.43. The van der Waals surface area contributed by atoms with Gasteiger partial charge in [0.25, 0.3) is 0 Å². The van der Waals surface area contributed by atoms with Crippen LogP contribution < -0.4 is 15.8 Å². The first-order valence-corrected chi connectivity index (χ1v) is 14.1. The highest BCUT2D eigenvalue weighted by Crippen LogP contribution is 2.26. The van der Waals surface area contributed by atoms with Gasteiger partial charge in [-0.1, -0.05) is 66.8 Å². The molecule has 3 N–H and O–H groups in total. The predicted octanol–water partition coefficient (Wildman–Crippen LogP) is 4.68. The van der Waals surface area contributed by atoms with Crippen molar-refractivity contribution in [2.75, 3.05) is 11.0 Å². The van der Waals surface area contributed by atoms with Crippen LogP contribution >= 0.6 is 22.6 Å². The second-order valence-electron chi connectivity index (χ2n) is 9.78. The Morgan fingerprint density at radius 1 is 1.08 bits per heavy atom. The Hall–Kier alpha value is -2.62. The van der Waals surface area contributed by atoms with Crippen LogP contribution in [-0.2, 0) is 20.9 Å². The molecule has 1 saturated heterocycles. The van der Waals surface area contributed by atoms with E-state index in [1.807, 2.05) is 68.4 Å². The fourth-order valence-electron chi connectivity index (χ4n) is 4.57. The molecule has 194 valence electrons. The van der Waals surface area contributed by atoms with E-state index in [1.54, 1.807) is 4.90 Å². The summed E-state index contributed by atoms with van der Waals surface area (Å²) in [5.41, 5.74) is 6.57. The van der Waals surface area contributed by atoms with E-state index in [1.165, 1.54) is 0 Å². The van der Waals surface area contributed by atoms with E-state index in [4.69, 9.17) is 10.5 Å². The smallest absolute Gasteiger partial charge is 0.245 e. The minimum absolute atomic E-state index is 0.0939. The molecule has 36 heavy (non-hydrogen) atoms. The number of nitrogens with zero attached hydrogens (tertiary/aromatic N) is 1. The number of likely N-dealkylation sites (tertiary alicyclic amines) is 1. The van der Waals surface area contributed by atoms with Crippen LogP contribution in [0.4, 0.5) is 0 Å². The summed E-state index contributed by atoms with van der Waals surface area (Å²) in [6, 6.07) is 16.7. The molecule has 0 bridgehead atoms. The fourth-order valence-corrected chi connectivity index (χ4v) is 5.62. The van der Waals surface area contributed by atoms with Crippen molar-refractivity contribution in [1.82, 2.24) is 10.2 Å². The number of carbonyl (C=O) groups is 3. The summed E-state index contributed by atoms with van der Waals surface area (Å²) in [7, 11) is 0. The van der Waals surface area contributed by atoms with Gasteiger partial charge in [0.05, 0.1) is 11.8 Å². The second kappa shape index (κ2) is 13.6. The van der Waals surface area contributed by atoms with E-state index >= 15 is 0 Å². The van der Waals surface area contributed by atoms with Crippen LogP contribution in [0.1, 0.15) is 45.1 Å². The Bertz CT molecular complexity index is 1030. The lowest BCUT2D eigenvalue weighted by Crippen LogP contribution is -2.51. The summed E-state index contributed by atoms with van der Waals surface area (Å²) in [6.45, 7) is 5.09. The van der Waals surface area contributed by atoms with Gasteiger partial charge in [-0.2, -0.15) is 0 Å². The minimum atomic E-state index is -0.610. The molecule has 1 aliphatic heterocycles. The molecule has 1 heterocycles. The molecule has 0 aromatic heterocycles. The van der Waals surface area contributed by atoms with Crippen LogP contribution in [0.5, 0.6) is 11.5 Å². The Morgan fingerprint density at radius 3 is 2.47 bits per heavy atom. The number of nitrogens with two attached hydrogens (primary N) is 1. The summed E-state index contributed by atoms with van der Waals surface area (Å²) in [5.74, 6) is -0.258. The van der Waals surface area contributed by atoms with Gasteiger partial charge in [0.2, 0.25) is 17.7 Å². The second-order valence-corrected chi connectivity index (χ2v) is 10.7. The monoisotopic (exact) mass is 605 g/mol. The molecule has 0 aliphatic carbocycles. The van der Waals surface area contributed by atoms with Crippen molar-refractivity contribution in [3.8, 4) is 11.5 Å². The molecule has 0 radical (unpaired) electrons. The maximum absolute atomic E-state index is 13.5. The van der Waals surface area contributed by atoms with Gasteiger partial charge in [0, 0.05) is 17.5 Å². The van der Waals surface area contributed by atoms with Gasteiger partial charge in [-0.05, 0) is 61.4 Å². The summed E-state index contributed by atoms with van der Waals surface area (Å²) in [6.07, 6.45) is 2.83. The number of amides is 3. The van der Waals surface area contributed by atoms with E-state index in [0.717, 1.165) is 24.2 Å². The van der Waals surface area contributed by atoms with Gasteiger partial charge in [0.15, 0.2) is 0 Å². The average Bonchev–Trinajstić information content (AvgIpc) is 3.00. The number of hydrogen-bond donors (Lipinski definition) is 2. The standard InChI is InChI=1S/C28H36IN3O4/c1-19(2)15-23(24(17-29)26(30)33)27(34)31-25-13-6-7-14-32(28(25)35)18-20-9-8-12-22(16-20)36-21-10-4-3-5-11-21/h3-5,8-12,16,19,23-25H,6-7,13-15,17-18H2,1-2H3,(H2,30,33)(H,31,34)/t23?,24-,25?/m0/s1. The van der Waals surface area contributed by atoms with Crippen molar-refractivity contribution >= 4 is 40.3 Å². The predicted molar refractivity (Wildman–Crippen MR) is 149 cm³/mol.